The number of ether oxygens (including phenoxy) is 1. The summed E-state index contributed by atoms with van der Waals surface area (Å²) in [5.41, 5.74) is 0.717. The summed E-state index contributed by atoms with van der Waals surface area (Å²) in [7, 11) is 0. The molecular formula is C12H15FO. The first-order valence-corrected chi connectivity index (χ1v) is 4.80. The van der Waals surface area contributed by atoms with Crippen molar-refractivity contribution in [2.75, 3.05) is 6.61 Å². The Hall–Kier alpha value is -1.31. The highest BCUT2D eigenvalue weighted by atomic mass is 19.1. The summed E-state index contributed by atoms with van der Waals surface area (Å²) in [5, 5.41) is 0. The maximum absolute atomic E-state index is 13.2. The number of rotatable bonds is 5. The van der Waals surface area contributed by atoms with Gasteiger partial charge in [-0.1, -0.05) is 26.0 Å². The Bertz CT molecular complexity index is 307. The van der Waals surface area contributed by atoms with Crippen LogP contribution in [0.5, 0.6) is 5.75 Å². The standard InChI is InChI=1S/C12H15FO/c1-3-5-10-9-11(14-8-4-2)6-7-12(10)13/h4,6-7,9H,2-3,5,8H2,1H3. The molecule has 0 bridgehead atoms. The van der Waals surface area contributed by atoms with Gasteiger partial charge in [0.05, 0.1) is 0 Å². The Morgan fingerprint density at radius 1 is 1.50 bits per heavy atom. The zero-order valence-corrected chi connectivity index (χ0v) is 8.42. The van der Waals surface area contributed by atoms with Gasteiger partial charge in [-0.25, -0.2) is 4.39 Å². The van der Waals surface area contributed by atoms with Crippen molar-refractivity contribution < 1.29 is 9.13 Å². The predicted octanol–water partition coefficient (Wildman–Crippen LogP) is 3.34. The molecule has 0 heterocycles. The minimum Gasteiger partial charge on any atom is -0.490 e. The first-order valence-electron chi connectivity index (χ1n) is 4.80. The molecule has 0 radical (unpaired) electrons. The van der Waals surface area contributed by atoms with Gasteiger partial charge < -0.3 is 4.74 Å². The van der Waals surface area contributed by atoms with Crippen LogP contribution in [0.2, 0.25) is 0 Å². The molecule has 0 unspecified atom stereocenters. The fourth-order valence-electron chi connectivity index (χ4n) is 1.26. The van der Waals surface area contributed by atoms with Crippen molar-refractivity contribution in [2.24, 2.45) is 0 Å². The van der Waals surface area contributed by atoms with Gasteiger partial charge in [-0.15, -0.1) is 0 Å². The molecule has 1 aromatic rings. The Balaban J connectivity index is 2.77. The molecule has 76 valence electrons. The second-order valence-corrected chi connectivity index (χ2v) is 3.10. The van der Waals surface area contributed by atoms with E-state index in [1.807, 2.05) is 6.92 Å². The highest BCUT2D eigenvalue weighted by molar-refractivity contribution is 5.30. The maximum atomic E-state index is 13.2. The average molecular weight is 194 g/mol. The van der Waals surface area contributed by atoms with Crippen molar-refractivity contribution in [3.63, 3.8) is 0 Å². The summed E-state index contributed by atoms with van der Waals surface area (Å²) in [5.74, 6) is 0.549. The Morgan fingerprint density at radius 2 is 2.29 bits per heavy atom. The zero-order chi connectivity index (χ0) is 10.4. The summed E-state index contributed by atoms with van der Waals surface area (Å²) >= 11 is 0. The van der Waals surface area contributed by atoms with Crippen LogP contribution in [0.25, 0.3) is 0 Å². The van der Waals surface area contributed by atoms with Crippen molar-refractivity contribution in [2.45, 2.75) is 19.8 Å². The quantitative estimate of drug-likeness (QED) is 0.653. The predicted molar refractivity (Wildman–Crippen MR) is 56.1 cm³/mol. The topological polar surface area (TPSA) is 9.23 Å². The SMILES string of the molecule is C=CCOc1ccc(F)c(CCC)c1. The largest absolute Gasteiger partial charge is 0.490 e. The van der Waals surface area contributed by atoms with Crippen LogP contribution in [0, 0.1) is 5.82 Å². The molecule has 1 rings (SSSR count). The van der Waals surface area contributed by atoms with Crippen molar-refractivity contribution >= 4 is 0 Å². The van der Waals surface area contributed by atoms with Crippen LogP contribution < -0.4 is 4.74 Å². The van der Waals surface area contributed by atoms with Gasteiger partial charge >= 0.3 is 0 Å². The Kier molecular flexibility index (Phi) is 4.17. The first-order chi connectivity index (χ1) is 6.77. The fraction of sp³-hybridized carbons (Fsp3) is 0.333. The number of hydrogen-bond donors (Lipinski definition) is 0. The van der Waals surface area contributed by atoms with E-state index < -0.39 is 0 Å². The lowest BCUT2D eigenvalue weighted by molar-refractivity contribution is 0.362. The first kappa shape index (κ1) is 10.8. The van der Waals surface area contributed by atoms with E-state index in [2.05, 4.69) is 6.58 Å². The van der Waals surface area contributed by atoms with E-state index in [9.17, 15) is 4.39 Å². The second kappa shape index (κ2) is 5.43. The molecule has 1 aromatic carbocycles. The van der Waals surface area contributed by atoms with Crippen LogP contribution in [-0.2, 0) is 6.42 Å². The smallest absolute Gasteiger partial charge is 0.126 e. The van der Waals surface area contributed by atoms with Crippen molar-refractivity contribution in [3.05, 3.63) is 42.2 Å². The number of hydrogen-bond acceptors (Lipinski definition) is 1. The molecule has 0 spiro atoms. The Labute approximate surface area is 84.2 Å². The molecule has 0 aliphatic rings. The molecular weight excluding hydrogens is 179 g/mol. The summed E-state index contributed by atoms with van der Waals surface area (Å²) < 4.78 is 18.5. The molecule has 0 atom stereocenters. The van der Waals surface area contributed by atoms with Gasteiger partial charge in [0.1, 0.15) is 18.2 Å². The minimum absolute atomic E-state index is 0.155. The normalized spacial score (nSPS) is 9.86. The van der Waals surface area contributed by atoms with E-state index in [1.165, 1.54) is 6.07 Å². The highest BCUT2D eigenvalue weighted by Gasteiger charge is 2.02. The molecule has 0 aromatic heterocycles. The van der Waals surface area contributed by atoms with Gasteiger partial charge in [-0.2, -0.15) is 0 Å². The van der Waals surface area contributed by atoms with E-state index in [0.29, 0.717) is 17.9 Å². The molecule has 0 N–H and O–H groups in total. The number of halogens is 1. The van der Waals surface area contributed by atoms with E-state index >= 15 is 0 Å². The van der Waals surface area contributed by atoms with Crippen LogP contribution in [-0.4, -0.2) is 6.61 Å². The molecule has 1 nitrogen and oxygen atoms in total. The van der Waals surface area contributed by atoms with E-state index in [1.54, 1.807) is 18.2 Å². The molecule has 0 saturated heterocycles. The number of aryl methyl sites for hydroxylation is 1. The number of benzene rings is 1. The summed E-state index contributed by atoms with van der Waals surface area (Å²) in [4.78, 5) is 0. The Morgan fingerprint density at radius 3 is 2.93 bits per heavy atom. The van der Waals surface area contributed by atoms with Crippen molar-refractivity contribution in [1.82, 2.24) is 0 Å². The van der Waals surface area contributed by atoms with Crippen LogP contribution in [0.1, 0.15) is 18.9 Å². The molecule has 0 saturated carbocycles. The average Bonchev–Trinajstić information content (AvgIpc) is 2.19. The lowest BCUT2D eigenvalue weighted by Gasteiger charge is -2.06. The summed E-state index contributed by atoms with van der Waals surface area (Å²) in [6, 6.07) is 4.84. The summed E-state index contributed by atoms with van der Waals surface area (Å²) in [6.07, 6.45) is 3.35. The van der Waals surface area contributed by atoms with Gasteiger partial charge in [0, 0.05) is 0 Å². The fourth-order valence-corrected chi connectivity index (χ4v) is 1.26. The van der Waals surface area contributed by atoms with Crippen molar-refractivity contribution in [1.29, 1.82) is 0 Å². The van der Waals surface area contributed by atoms with Gasteiger partial charge in [-0.05, 0) is 30.2 Å². The molecule has 0 amide bonds. The monoisotopic (exact) mass is 194 g/mol. The van der Waals surface area contributed by atoms with Crippen molar-refractivity contribution in [3.8, 4) is 5.75 Å². The van der Waals surface area contributed by atoms with E-state index in [0.717, 1.165) is 12.8 Å². The van der Waals surface area contributed by atoms with Crippen LogP contribution in [0.15, 0.2) is 30.9 Å². The molecule has 14 heavy (non-hydrogen) atoms. The molecule has 0 fully saturated rings. The van der Waals surface area contributed by atoms with Gasteiger partial charge in [0.25, 0.3) is 0 Å². The van der Waals surface area contributed by atoms with Crippen LogP contribution in [0.4, 0.5) is 4.39 Å². The highest BCUT2D eigenvalue weighted by Crippen LogP contribution is 2.18. The minimum atomic E-state index is -0.155. The van der Waals surface area contributed by atoms with Crippen LogP contribution in [0.3, 0.4) is 0 Å². The lowest BCUT2D eigenvalue weighted by Crippen LogP contribution is -1.96. The van der Waals surface area contributed by atoms with E-state index in [4.69, 9.17) is 4.74 Å². The zero-order valence-electron chi connectivity index (χ0n) is 8.42. The molecule has 0 aliphatic heterocycles. The lowest BCUT2D eigenvalue weighted by atomic mass is 10.1. The molecule has 2 heteroatoms. The van der Waals surface area contributed by atoms with Gasteiger partial charge in [-0.3, -0.25) is 0 Å². The molecule has 0 aliphatic carbocycles. The third-order valence-electron chi connectivity index (χ3n) is 1.90. The third-order valence-corrected chi connectivity index (χ3v) is 1.90. The maximum Gasteiger partial charge on any atom is 0.126 e. The van der Waals surface area contributed by atoms with Gasteiger partial charge in [0.2, 0.25) is 0 Å². The summed E-state index contributed by atoms with van der Waals surface area (Å²) in [6.45, 7) is 6.03. The second-order valence-electron chi connectivity index (χ2n) is 3.10. The van der Waals surface area contributed by atoms with Crippen LogP contribution >= 0.6 is 0 Å². The van der Waals surface area contributed by atoms with E-state index in [-0.39, 0.29) is 5.82 Å². The van der Waals surface area contributed by atoms with Gasteiger partial charge in [0.15, 0.2) is 0 Å². The third kappa shape index (κ3) is 2.87.